The standard InChI is InChI=1S/C15H20Cl2N2/c1-18-13-3-4-14(18)10-19(7-6-13)15-5-2-12(17)8-11(15)9-16/h2,5,8,13-14H,3-4,6-7,9-10H2,1H3. The molecule has 2 aliphatic rings. The average molecular weight is 299 g/mol. The summed E-state index contributed by atoms with van der Waals surface area (Å²) >= 11 is 12.1. The second kappa shape index (κ2) is 5.51. The van der Waals surface area contributed by atoms with Crippen molar-refractivity contribution in [2.75, 3.05) is 25.0 Å². The van der Waals surface area contributed by atoms with Gasteiger partial charge in [-0.2, -0.15) is 0 Å². The van der Waals surface area contributed by atoms with Crippen LogP contribution >= 0.6 is 23.2 Å². The van der Waals surface area contributed by atoms with Crippen LogP contribution in [0.5, 0.6) is 0 Å². The van der Waals surface area contributed by atoms with Gasteiger partial charge in [-0.1, -0.05) is 11.6 Å². The molecule has 1 aromatic carbocycles. The molecule has 2 unspecified atom stereocenters. The van der Waals surface area contributed by atoms with Crippen molar-refractivity contribution in [2.45, 2.75) is 37.2 Å². The van der Waals surface area contributed by atoms with E-state index >= 15 is 0 Å². The molecular weight excluding hydrogens is 279 g/mol. The lowest BCUT2D eigenvalue weighted by Crippen LogP contribution is -2.36. The third kappa shape index (κ3) is 2.58. The van der Waals surface area contributed by atoms with E-state index in [9.17, 15) is 0 Å². The van der Waals surface area contributed by atoms with Gasteiger partial charge in [0.1, 0.15) is 0 Å². The van der Waals surface area contributed by atoms with Crippen LogP contribution in [0.15, 0.2) is 18.2 Å². The molecule has 0 amide bonds. The van der Waals surface area contributed by atoms with Crippen LogP contribution < -0.4 is 4.90 Å². The van der Waals surface area contributed by atoms with Gasteiger partial charge < -0.3 is 4.90 Å². The molecule has 2 saturated heterocycles. The summed E-state index contributed by atoms with van der Waals surface area (Å²) in [6.45, 7) is 2.23. The van der Waals surface area contributed by atoms with E-state index in [1.165, 1.54) is 24.9 Å². The monoisotopic (exact) mass is 298 g/mol. The van der Waals surface area contributed by atoms with Crippen LogP contribution in [0.4, 0.5) is 5.69 Å². The molecule has 2 nitrogen and oxygen atoms in total. The van der Waals surface area contributed by atoms with Gasteiger partial charge in [0.25, 0.3) is 0 Å². The summed E-state index contributed by atoms with van der Waals surface area (Å²) in [5.41, 5.74) is 2.41. The number of hydrogen-bond donors (Lipinski definition) is 0. The summed E-state index contributed by atoms with van der Waals surface area (Å²) in [6.07, 6.45) is 3.93. The zero-order valence-corrected chi connectivity index (χ0v) is 12.8. The summed E-state index contributed by atoms with van der Waals surface area (Å²) in [6, 6.07) is 7.54. The predicted molar refractivity (Wildman–Crippen MR) is 82.4 cm³/mol. The molecule has 2 fully saturated rings. The maximum absolute atomic E-state index is 6.08. The molecule has 0 saturated carbocycles. The minimum Gasteiger partial charge on any atom is -0.370 e. The molecule has 104 valence electrons. The van der Waals surface area contributed by atoms with Crippen molar-refractivity contribution in [3.8, 4) is 0 Å². The third-order valence-corrected chi connectivity index (χ3v) is 5.20. The first-order valence-electron chi connectivity index (χ1n) is 7.00. The number of halogens is 2. The average Bonchev–Trinajstić information content (AvgIpc) is 2.64. The van der Waals surface area contributed by atoms with Crippen molar-refractivity contribution in [3.05, 3.63) is 28.8 Å². The zero-order chi connectivity index (χ0) is 13.4. The van der Waals surface area contributed by atoms with E-state index in [1.807, 2.05) is 12.1 Å². The number of anilines is 1. The predicted octanol–water partition coefficient (Wildman–Crippen LogP) is 3.75. The fraction of sp³-hybridized carbons (Fsp3) is 0.600. The number of benzene rings is 1. The fourth-order valence-electron chi connectivity index (χ4n) is 3.50. The van der Waals surface area contributed by atoms with E-state index < -0.39 is 0 Å². The third-order valence-electron chi connectivity index (χ3n) is 4.67. The Morgan fingerprint density at radius 1 is 1.21 bits per heavy atom. The van der Waals surface area contributed by atoms with Gasteiger partial charge in [-0.05, 0) is 50.1 Å². The summed E-state index contributed by atoms with van der Waals surface area (Å²) in [5, 5.41) is 0.771. The van der Waals surface area contributed by atoms with Gasteiger partial charge in [0.15, 0.2) is 0 Å². The van der Waals surface area contributed by atoms with E-state index in [1.54, 1.807) is 0 Å². The van der Waals surface area contributed by atoms with E-state index in [4.69, 9.17) is 23.2 Å². The first kappa shape index (κ1) is 13.5. The number of likely N-dealkylation sites (N-methyl/N-ethyl adjacent to an activating group) is 1. The molecule has 2 heterocycles. The SMILES string of the molecule is CN1C2CCC1CN(c1ccc(Cl)cc1CCl)CC2. The topological polar surface area (TPSA) is 6.48 Å². The summed E-state index contributed by atoms with van der Waals surface area (Å²) in [5.74, 6) is 0.524. The molecule has 19 heavy (non-hydrogen) atoms. The lowest BCUT2D eigenvalue weighted by Gasteiger charge is -2.29. The molecule has 4 heteroatoms. The van der Waals surface area contributed by atoms with Crippen molar-refractivity contribution in [2.24, 2.45) is 0 Å². The van der Waals surface area contributed by atoms with Crippen LogP contribution in [0.2, 0.25) is 5.02 Å². The molecular formula is C15H20Cl2N2. The zero-order valence-electron chi connectivity index (χ0n) is 11.3. The highest BCUT2D eigenvalue weighted by Crippen LogP contribution is 2.33. The Morgan fingerprint density at radius 2 is 2.00 bits per heavy atom. The van der Waals surface area contributed by atoms with Gasteiger partial charge >= 0.3 is 0 Å². The highest BCUT2D eigenvalue weighted by molar-refractivity contribution is 6.30. The minimum atomic E-state index is 0.524. The van der Waals surface area contributed by atoms with Gasteiger partial charge in [0.05, 0.1) is 0 Å². The minimum absolute atomic E-state index is 0.524. The van der Waals surface area contributed by atoms with Crippen LogP contribution in [-0.2, 0) is 5.88 Å². The lowest BCUT2D eigenvalue weighted by molar-refractivity contribution is 0.254. The van der Waals surface area contributed by atoms with E-state index in [-0.39, 0.29) is 0 Å². The number of alkyl halides is 1. The first-order chi connectivity index (χ1) is 9.19. The van der Waals surface area contributed by atoms with Gasteiger partial charge in [0, 0.05) is 41.8 Å². The van der Waals surface area contributed by atoms with Crippen LogP contribution in [0.3, 0.4) is 0 Å². The Labute approximate surface area is 125 Å². The van der Waals surface area contributed by atoms with E-state index in [0.29, 0.717) is 11.9 Å². The molecule has 0 aromatic heterocycles. The Hall–Kier alpha value is -0.440. The van der Waals surface area contributed by atoms with Crippen molar-refractivity contribution in [1.29, 1.82) is 0 Å². The molecule has 1 aromatic rings. The summed E-state index contributed by atoms with van der Waals surface area (Å²) in [7, 11) is 2.27. The molecule has 2 atom stereocenters. The van der Waals surface area contributed by atoms with Crippen molar-refractivity contribution in [1.82, 2.24) is 4.90 Å². The Kier molecular flexibility index (Phi) is 3.93. The Balaban J connectivity index is 1.86. The number of rotatable bonds is 2. The second-order valence-corrected chi connectivity index (χ2v) is 6.40. The Bertz CT molecular complexity index is 463. The molecule has 0 N–H and O–H groups in total. The van der Waals surface area contributed by atoms with Crippen molar-refractivity contribution in [3.63, 3.8) is 0 Å². The molecule has 2 aliphatic heterocycles. The lowest BCUT2D eigenvalue weighted by atomic mass is 10.1. The maximum Gasteiger partial charge on any atom is 0.0495 e. The highest BCUT2D eigenvalue weighted by atomic mass is 35.5. The normalized spacial score (nSPS) is 27.6. The molecule has 0 aliphatic carbocycles. The van der Waals surface area contributed by atoms with Gasteiger partial charge in [-0.3, -0.25) is 4.90 Å². The number of fused-ring (bicyclic) bond motifs is 2. The van der Waals surface area contributed by atoms with Crippen LogP contribution in [0, 0.1) is 0 Å². The molecule has 3 rings (SSSR count). The van der Waals surface area contributed by atoms with Crippen LogP contribution in [0.25, 0.3) is 0 Å². The quantitative estimate of drug-likeness (QED) is 0.767. The summed E-state index contributed by atoms with van der Waals surface area (Å²) < 4.78 is 0. The fourth-order valence-corrected chi connectivity index (χ4v) is 3.91. The van der Waals surface area contributed by atoms with E-state index in [2.05, 4.69) is 22.9 Å². The number of nitrogens with zero attached hydrogens (tertiary/aromatic N) is 2. The maximum atomic E-state index is 6.08. The molecule has 0 radical (unpaired) electrons. The largest absolute Gasteiger partial charge is 0.370 e. The second-order valence-electron chi connectivity index (χ2n) is 5.69. The first-order valence-corrected chi connectivity index (χ1v) is 7.91. The molecule has 0 spiro atoms. The van der Waals surface area contributed by atoms with E-state index in [0.717, 1.165) is 29.7 Å². The smallest absolute Gasteiger partial charge is 0.0495 e. The van der Waals surface area contributed by atoms with Crippen molar-refractivity contribution < 1.29 is 0 Å². The number of hydrogen-bond acceptors (Lipinski definition) is 2. The van der Waals surface area contributed by atoms with Crippen LogP contribution in [-0.4, -0.2) is 37.1 Å². The summed E-state index contributed by atoms with van der Waals surface area (Å²) in [4.78, 5) is 5.06. The van der Waals surface area contributed by atoms with Gasteiger partial charge in [-0.15, -0.1) is 11.6 Å². The van der Waals surface area contributed by atoms with Crippen LogP contribution in [0.1, 0.15) is 24.8 Å². The molecule has 2 bridgehead atoms. The van der Waals surface area contributed by atoms with Gasteiger partial charge in [-0.25, -0.2) is 0 Å². The van der Waals surface area contributed by atoms with Gasteiger partial charge in [0.2, 0.25) is 0 Å². The van der Waals surface area contributed by atoms with Crippen molar-refractivity contribution >= 4 is 28.9 Å². The highest BCUT2D eigenvalue weighted by Gasteiger charge is 2.34. The Morgan fingerprint density at radius 3 is 2.79 bits per heavy atom.